The van der Waals surface area contributed by atoms with Crippen LogP contribution in [0.4, 0.5) is 11.4 Å². The molecular weight excluding hydrogens is 434 g/mol. The highest BCUT2D eigenvalue weighted by Crippen LogP contribution is 2.25. The fourth-order valence-corrected chi connectivity index (χ4v) is 3.59. The molecule has 4 aromatic rings. The average Bonchev–Trinajstić information content (AvgIpc) is 3.37. The highest BCUT2D eigenvalue weighted by molar-refractivity contribution is 7.80. The van der Waals surface area contributed by atoms with Crippen molar-refractivity contribution in [3.05, 3.63) is 120 Å². The van der Waals surface area contributed by atoms with Gasteiger partial charge in [0.1, 0.15) is 0 Å². The van der Waals surface area contributed by atoms with Crippen molar-refractivity contribution in [2.24, 2.45) is 0 Å². The molecule has 33 heavy (non-hydrogen) atoms. The molecule has 1 heterocycles. The smallest absolute Gasteiger partial charge is 0.291 e. The van der Waals surface area contributed by atoms with Crippen LogP contribution in [0.2, 0.25) is 0 Å². The largest absolute Gasteiger partial charge is 0.459 e. The molecule has 6 nitrogen and oxygen atoms in total. The van der Waals surface area contributed by atoms with Gasteiger partial charge in [0.25, 0.3) is 5.91 Å². The molecule has 0 radical (unpaired) electrons. The third-order valence-electron chi connectivity index (χ3n) is 4.91. The number of carbonyl (C=O) groups excluding carboxylic acids is 2. The van der Waals surface area contributed by atoms with E-state index in [1.54, 1.807) is 36.4 Å². The Hall–Kier alpha value is -4.23. The quantitative estimate of drug-likeness (QED) is 0.349. The summed E-state index contributed by atoms with van der Waals surface area (Å²) in [6, 6.07) is 29.3. The fourth-order valence-electron chi connectivity index (χ4n) is 3.37. The number of thiocarbonyl (C=S) groups is 1. The first-order valence-electron chi connectivity index (χ1n) is 10.3. The van der Waals surface area contributed by atoms with Crippen molar-refractivity contribution in [1.29, 1.82) is 0 Å². The second-order valence-electron chi connectivity index (χ2n) is 7.21. The first kappa shape index (κ1) is 22.0. The van der Waals surface area contributed by atoms with Crippen LogP contribution in [-0.4, -0.2) is 16.9 Å². The van der Waals surface area contributed by atoms with E-state index in [9.17, 15) is 9.59 Å². The standard InChI is InChI=1S/C26H21N3O3S/c30-24(22-12-7-17-32-22)27-20-13-15-21(16-14-20)28-26(33)29-25(31)23(18-8-3-1-4-9-18)19-10-5-2-6-11-19/h1-17,23H,(H,27,30)(H2,28,29,31,33). The first-order chi connectivity index (χ1) is 16.1. The number of amides is 2. The molecule has 0 aliphatic carbocycles. The van der Waals surface area contributed by atoms with Crippen molar-refractivity contribution in [1.82, 2.24) is 5.32 Å². The maximum absolute atomic E-state index is 13.1. The van der Waals surface area contributed by atoms with Crippen LogP contribution >= 0.6 is 12.2 Å². The SMILES string of the molecule is O=C(Nc1ccc(NC(=S)NC(=O)C(c2ccccc2)c2ccccc2)cc1)c1ccco1. The number of hydrogen-bond acceptors (Lipinski definition) is 4. The van der Waals surface area contributed by atoms with Gasteiger partial charge in [-0.1, -0.05) is 60.7 Å². The minimum absolute atomic E-state index is 0.184. The summed E-state index contributed by atoms with van der Waals surface area (Å²) in [7, 11) is 0. The Morgan fingerprint density at radius 2 is 1.24 bits per heavy atom. The van der Waals surface area contributed by atoms with E-state index in [-0.39, 0.29) is 22.7 Å². The van der Waals surface area contributed by atoms with E-state index in [1.165, 1.54) is 6.26 Å². The number of furan rings is 1. The summed E-state index contributed by atoms with van der Waals surface area (Å²) in [5.41, 5.74) is 3.03. The Bertz CT molecular complexity index is 1190. The van der Waals surface area contributed by atoms with Gasteiger partial charge in [0.15, 0.2) is 10.9 Å². The number of carbonyl (C=O) groups is 2. The van der Waals surface area contributed by atoms with E-state index in [0.29, 0.717) is 11.4 Å². The minimum Gasteiger partial charge on any atom is -0.459 e. The van der Waals surface area contributed by atoms with Crippen molar-refractivity contribution in [3.63, 3.8) is 0 Å². The Kier molecular flexibility index (Phi) is 6.92. The number of hydrogen-bond donors (Lipinski definition) is 3. The molecule has 0 saturated heterocycles. The van der Waals surface area contributed by atoms with Crippen molar-refractivity contribution in [3.8, 4) is 0 Å². The summed E-state index contributed by atoms with van der Waals surface area (Å²) in [6.07, 6.45) is 1.44. The summed E-state index contributed by atoms with van der Waals surface area (Å²) in [5, 5.41) is 8.73. The zero-order valence-corrected chi connectivity index (χ0v) is 18.3. The molecule has 0 aliphatic rings. The lowest BCUT2D eigenvalue weighted by Crippen LogP contribution is -2.37. The van der Waals surface area contributed by atoms with Gasteiger partial charge in [0.05, 0.1) is 12.2 Å². The molecule has 0 atom stereocenters. The van der Waals surface area contributed by atoms with Gasteiger partial charge in [-0.25, -0.2) is 0 Å². The van der Waals surface area contributed by atoms with Crippen molar-refractivity contribution < 1.29 is 14.0 Å². The fraction of sp³-hybridized carbons (Fsp3) is 0.0385. The van der Waals surface area contributed by atoms with Crippen molar-refractivity contribution >= 4 is 40.5 Å². The van der Waals surface area contributed by atoms with Crippen LogP contribution in [0.1, 0.15) is 27.6 Å². The molecular formula is C26H21N3O3S. The Morgan fingerprint density at radius 1 is 0.697 bits per heavy atom. The topological polar surface area (TPSA) is 83.4 Å². The molecule has 0 bridgehead atoms. The van der Waals surface area contributed by atoms with Crippen LogP contribution in [0.25, 0.3) is 0 Å². The van der Waals surface area contributed by atoms with E-state index < -0.39 is 5.92 Å². The van der Waals surface area contributed by atoms with Gasteiger partial charge in [-0.15, -0.1) is 0 Å². The molecule has 2 amide bonds. The molecule has 164 valence electrons. The Labute approximate surface area is 196 Å². The second kappa shape index (κ2) is 10.4. The zero-order chi connectivity index (χ0) is 23.0. The summed E-state index contributed by atoms with van der Waals surface area (Å²) < 4.78 is 5.08. The second-order valence-corrected chi connectivity index (χ2v) is 7.61. The lowest BCUT2D eigenvalue weighted by atomic mass is 9.90. The van der Waals surface area contributed by atoms with Crippen LogP contribution in [0.15, 0.2) is 108 Å². The monoisotopic (exact) mass is 455 g/mol. The van der Waals surface area contributed by atoms with E-state index >= 15 is 0 Å². The maximum atomic E-state index is 13.1. The Morgan fingerprint density at radius 3 is 1.76 bits per heavy atom. The number of anilines is 2. The molecule has 4 rings (SSSR count). The van der Waals surface area contributed by atoms with Gasteiger partial charge in [0, 0.05) is 11.4 Å². The third kappa shape index (κ3) is 5.72. The lowest BCUT2D eigenvalue weighted by molar-refractivity contribution is -0.120. The van der Waals surface area contributed by atoms with Gasteiger partial charge in [0.2, 0.25) is 5.91 Å². The van der Waals surface area contributed by atoms with Gasteiger partial charge in [-0.05, 0) is 59.7 Å². The highest BCUT2D eigenvalue weighted by Gasteiger charge is 2.23. The van der Waals surface area contributed by atoms with Crippen LogP contribution in [0.3, 0.4) is 0 Å². The summed E-state index contributed by atoms with van der Waals surface area (Å²) >= 11 is 5.36. The summed E-state index contributed by atoms with van der Waals surface area (Å²) in [6.45, 7) is 0. The molecule has 3 aromatic carbocycles. The van der Waals surface area contributed by atoms with Crippen LogP contribution < -0.4 is 16.0 Å². The summed E-state index contributed by atoms with van der Waals surface area (Å²) in [4.78, 5) is 25.2. The number of rotatable bonds is 6. The molecule has 1 aromatic heterocycles. The first-order valence-corrected chi connectivity index (χ1v) is 10.7. The number of nitrogens with one attached hydrogen (secondary N) is 3. The third-order valence-corrected chi connectivity index (χ3v) is 5.11. The van der Waals surface area contributed by atoms with Crippen molar-refractivity contribution in [2.75, 3.05) is 10.6 Å². The predicted molar refractivity (Wildman–Crippen MR) is 132 cm³/mol. The maximum Gasteiger partial charge on any atom is 0.291 e. The molecule has 0 aliphatic heterocycles. The number of benzene rings is 3. The molecule has 0 spiro atoms. The highest BCUT2D eigenvalue weighted by atomic mass is 32.1. The van der Waals surface area contributed by atoms with Crippen LogP contribution in [0, 0.1) is 0 Å². The van der Waals surface area contributed by atoms with E-state index in [2.05, 4.69) is 16.0 Å². The zero-order valence-electron chi connectivity index (χ0n) is 17.5. The van der Waals surface area contributed by atoms with E-state index in [0.717, 1.165) is 11.1 Å². The normalized spacial score (nSPS) is 10.5. The molecule has 0 fully saturated rings. The average molecular weight is 456 g/mol. The van der Waals surface area contributed by atoms with Crippen LogP contribution in [-0.2, 0) is 4.79 Å². The predicted octanol–water partition coefficient (Wildman–Crippen LogP) is 5.18. The van der Waals surface area contributed by atoms with E-state index in [1.807, 2.05) is 60.7 Å². The molecule has 3 N–H and O–H groups in total. The molecule has 0 saturated carbocycles. The van der Waals surface area contributed by atoms with Gasteiger partial charge in [-0.3, -0.25) is 9.59 Å². The lowest BCUT2D eigenvalue weighted by Gasteiger charge is -2.18. The van der Waals surface area contributed by atoms with E-state index in [4.69, 9.17) is 16.6 Å². The van der Waals surface area contributed by atoms with Gasteiger partial charge in [-0.2, -0.15) is 0 Å². The van der Waals surface area contributed by atoms with Crippen LogP contribution in [0.5, 0.6) is 0 Å². The summed E-state index contributed by atoms with van der Waals surface area (Å²) in [5.74, 6) is -0.831. The van der Waals surface area contributed by atoms with Gasteiger partial charge >= 0.3 is 0 Å². The Balaban J connectivity index is 1.40. The molecule has 7 heteroatoms. The van der Waals surface area contributed by atoms with Gasteiger partial charge < -0.3 is 20.4 Å². The molecule has 0 unspecified atom stereocenters. The van der Waals surface area contributed by atoms with Crippen molar-refractivity contribution in [2.45, 2.75) is 5.92 Å². The minimum atomic E-state index is -0.494.